The van der Waals surface area contributed by atoms with Crippen LogP contribution in [-0.4, -0.2) is 41.9 Å². The topological polar surface area (TPSA) is 72.4 Å². The molecule has 2 aromatic rings. The summed E-state index contributed by atoms with van der Waals surface area (Å²) in [6, 6.07) is 7.95. The van der Waals surface area contributed by atoms with Gasteiger partial charge in [0.05, 0.1) is 4.90 Å². The molecule has 3 rings (SSSR count). The monoisotopic (exact) mass is 367 g/mol. The van der Waals surface area contributed by atoms with Gasteiger partial charge in [-0.2, -0.15) is 9.29 Å². The van der Waals surface area contributed by atoms with Gasteiger partial charge in [-0.25, -0.2) is 13.4 Å². The van der Waals surface area contributed by atoms with Crippen molar-refractivity contribution in [2.75, 3.05) is 13.1 Å². The second kappa shape index (κ2) is 7.04. The van der Waals surface area contributed by atoms with E-state index in [-0.39, 0.29) is 11.0 Å². The van der Waals surface area contributed by atoms with Gasteiger partial charge in [-0.3, -0.25) is 0 Å². The van der Waals surface area contributed by atoms with Crippen molar-refractivity contribution < 1.29 is 13.2 Å². The van der Waals surface area contributed by atoms with Crippen LogP contribution in [0.2, 0.25) is 5.02 Å². The summed E-state index contributed by atoms with van der Waals surface area (Å²) < 4.78 is 32.6. The maximum absolute atomic E-state index is 12.6. The van der Waals surface area contributed by atoms with Crippen LogP contribution in [0.3, 0.4) is 0 Å². The number of ether oxygens (including phenoxy) is 1. The number of aromatic nitrogens is 2. The molecule has 128 valence electrons. The van der Waals surface area contributed by atoms with E-state index in [0.29, 0.717) is 42.7 Å². The molecule has 1 aromatic heterocycles. The highest BCUT2D eigenvalue weighted by Crippen LogP contribution is 2.24. The molecule has 1 fully saturated rings. The van der Waals surface area contributed by atoms with Crippen LogP contribution in [0.15, 0.2) is 41.4 Å². The lowest BCUT2D eigenvalue weighted by Gasteiger charge is -2.31. The van der Waals surface area contributed by atoms with E-state index in [1.54, 1.807) is 31.3 Å². The van der Waals surface area contributed by atoms with Crippen molar-refractivity contribution in [3.63, 3.8) is 0 Å². The molecule has 0 aliphatic carbocycles. The first-order valence-electron chi connectivity index (χ1n) is 7.67. The minimum atomic E-state index is -3.49. The van der Waals surface area contributed by atoms with E-state index in [2.05, 4.69) is 9.97 Å². The zero-order chi connectivity index (χ0) is 17.2. The Hall–Kier alpha value is -1.70. The molecule has 0 atom stereocenters. The van der Waals surface area contributed by atoms with Crippen molar-refractivity contribution in [1.82, 2.24) is 14.3 Å². The van der Waals surface area contributed by atoms with Gasteiger partial charge in [-0.15, -0.1) is 0 Å². The minimum Gasteiger partial charge on any atom is -0.474 e. The smallest absolute Gasteiger partial charge is 0.243 e. The molecule has 0 radical (unpaired) electrons. The van der Waals surface area contributed by atoms with E-state index in [1.165, 1.54) is 16.4 Å². The Bertz CT molecular complexity index is 804. The number of rotatable bonds is 4. The Morgan fingerprint density at radius 2 is 1.83 bits per heavy atom. The van der Waals surface area contributed by atoms with E-state index in [1.807, 2.05) is 0 Å². The highest BCUT2D eigenvalue weighted by Gasteiger charge is 2.30. The van der Waals surface area contributed by atoms with Crippen LogP contribution >= 0.6 is 11.6 Å². The zero-order valence-corrected chi connectivity index (χ0v) is 14.8. The molecule has 0 N–H and O–H groups in total. The Morgan fingerprint density at radius 3 is 2.46 bits per heavy atom. The van der Waals surface area contributed by atoms with Crippen LogP contribution < -0.4 is 4.74 Å². The maximum atomic E-state index is 12.6. The van der Waals surface area contributed by atoms with Crippen molar-refractivity contribution in [3.05, 3.63) is 47.4 Å². The van der Waals surface area contributed by atoms with Gasteiger partial charge in [-0.05, 0) is 44.0 Å². The molecule has 1 saturated heterocycles. The number of halogens is 1. The molecule has 1 aromatic carbocycles. The van der Waals surface area contributed by atoms with Crippen molar-refractivity contribution in [1.29, 1.82) is 0 Å². The van der Waals surface area contributed by atoms with E-state index in [9.17, 15) is 8.42 Å². The van der Waals surface area contributed by atoms with E-state index < -0.39 is 10.0 Å². The minimum absolute atomic E-state index is 0.0454. The summed E-state index contributed by atoms with van der Waals surface area (Å²) in [7, 11) is -3.49. The first-order valence-corrected chi connectivity index (χ1v) is 9.49. The van der Waals surface area contributed by atoms with E-state index in [4.69, 9.17) is 16.3 Å². The lowest BCUT2D eigenvalue weighted by atomic mass is 10.1. The number of benzene rings is 1. The molecule has 0 spiro atoms. The van der Waals surface area contributed by atoms with Gasteiger partial charge >= 0.3 is 0 Å². The SMILES string of the molecule is Cc1nccc(OC2CCN(S(=O)(=O)c3ccc(Cl)cc3)CC2)n1. The Morgan fingerprint density at radius 1 is 1.17 bits per heavy atom. The lowest BCUT2D eigenvalue weighted by molar-refractivity contribution is 0.129. The second-order valence-electron chi connectivity index (χ2n) is 5.62. The number of sulfonamides is 1. The number of nitrogens with zero attached hydrogens (tertiary/aromatic N) is 3. The fraction of sp³-hybridized carbons (Fsp3) is 0.375. The highest BCUT2D eigenvalue weighted by molar-refractivity contribution is 7.89. The van der Waals surface area contributed by atoms with Crippen molar-refractivity contribution in [2.45, 2.75) is 30.8 Å². The molecule has 6 nitrogen and oxygen atoms in total. The van der Waals surface area contributed by atoms with Crippen molar-refractivity contribution in [2.24, 2.45) is 0 Å². The van der Waals surface area contributed by atoms with Gasteiger partial charge in [0.1, 0.15) is 11.9 Å². The van der Waals surface area contributed by atoms with Gasteiger partial charge in [0.15, 0.2) is 0 Å². The Kier molecular flexibility index (Phi) is 5.03. The zero-order valence-electron chi connectivity index (χ0n) is 13.2. The number of hydrogen-bond acceptors (Lipinski definition) is 5. The van der Waals surface area contributed by atoms with Crippen molar-refractivity contribution >= 4 is 21.6 Å². The third kappa shape index (κ3) is 3.85. The number of piperidine rings is 1. The average Bonchev–Trinajstić information content (AvgIpc) is 2.56. The summed E-state index contributed by atoms with van der Waals surface area (Å²) in [4.78, 5) is 8.50. The van der Waals surface area contributed by atoms with E-state index in [0.717, 1.165) is 0 Å². The highest BCUT2D eigenvalue weighted by atomic mass is 35.5. The normalized spacial score (nSPS) is 16.9. The van der Waals surface area contributed by atoms with Crippen LogP contribution in [0.4, 0.5) is 0 Å². The molecule has 2 heterocycles. The standard InChI is InChI=1S/C16H18ClN3O3S/c1-12-18-9-6-16(19-12)23-14-7-10-20(11-8-14)24(21,22)15-4-2-13(17)3-5-15/h2-6,9,14H,7-8,10-11H2,1H3. The summed E-state index contributed by atoms with van der Waals surface area (Å²) >= 11 is 5.82. The van der Waals surface area contributed by atoms with Gasteiger partial charge in [0, 0.05) is 30.4 Å². The molecule has 0 bridgehead atoms. The maximum Gasteiger partial charge on any atom is 0.243 e. The molecule has 0 unspecified atom stereocenters. The molecule has 8 heteroatoms. The van der Waals surface area contributed by atoms with Crippen LogP contribution in [0.25, 0.3) is 0 Å². The summed E-state index contributed by atoms with van der Waals surface area (Å²) in [5.41, 5.74) is 0. The Labute approximate surface area is 146 Å². The van der Waals surface area contributed by atoms with Crippen LogP contribution in [0.1, 0.15) is 18.7 Å². The van der Waals surface area contributed by atoms with E-state index >= 15 is 0 Å². The van der Waals surface area contributed by atoms with Gasteiger partial charge in [0.25, 0.3) is 0 Å². The Balaban J connectivity index is 1.63. The van der Waals surface area contributed by atoms with Gasteiger partial charge in [-0.1, -0.05) is 11.6 Å². The third-order valence-corrected chi connectivity index (χ3v) is 6.06. The molecule has 24 heavy (non-hydrogen) atoms. The first-order chi connectivity index (χ1) is 11.4. The summed E-state index contributed by atoms with van der Waals surface area (Å²) in [6.45, 7) is 2.63. The van der Waals surface area contributed by atoms with Crippen molar-refractivity contribution in [3.8, 4) is 5.88 Å². The van der Waals surface area contributed by atoms with Crippen LogP contribution in [-0.2, 0) is 10.0 Å². The molecule has 1 aliphatic heterocycles. The largest absolute Gasteiger partial charge is 0.474 e. The second-order valence-corrected chi connectivity index (χ2v) is 7.99. The molecule has 0 amide bonds. The summed E-state index contributed by atoms with van der Waals surface area (Å²) in [5.74, 6) is 1.18. The number of aryl methyl sites for hydroxylation is 1. The fourth-order valence-corrected chi connectivity index (χ4v) is 4.21. The van der Waals surface area contributed by atoms with Gasteiger partial charge in [0.2, 0.25) is 15.9 Å². The molecule has 1 aliphatic rings. The molecular weight excluding hydrogens is 350 g/mol. The quantitative estimate of drug-likeness (QED) is 0.830. The predicted molar refractivity (Wildman–Crippen MR) is 90.6 cm³/mol. The lowest BCUT2D eigenvalue weighted by Crippen LogP contribution is -2.41. The fourth-order valence-electron chi connectivity index (χ4n) is 2.62. The van der Waals surface area contributed by atoms with Crippen LogP contribution in [0.5, 0.6) is 5.88 Å². The summed E-state index contributed by atoms with van der Waals surface area (Å²) in [6.07, 6.45) is 2.85. The van der Waals surface area contributed by atoms with Crippen LogP contribution in [0, 0.1) is 6.92 Å². The molecular formula is C16H18ClN3O3S. The first kappa shape index (κ1) is 17.1. The predicted octanol–water partition coefficient (Wildman–Crippen LogP) is 2.67. The molecule has 0 saturated carbocycles. The number of hydrogen-bond donors (Lipinski definition) is 0. The average molecular weight is 368 g/mol. The van der Waals surface area contributed by atoms with Gasteiger partial charge < -0.3 is 4.74 Å². The summed E-state index contributed by atoms with van der Waals surface area (Å²) in [5, 5.41) is 0.515. The third-order valence-electron chi connectivity index (χ3n) is 3.89.